The third-order valence-corrected chi connectivity index (χ3v) is 2.11. The third-order valence-electron chi connectivity index (χ3n) is 2.11. The Hall–Kier alpha value is -2.17. The van der Waals surface area contributed by atoms with Crippen molar-refractivity contribution >= 4 is 6.29 Å². The quantitative estimate of drug-likeness (QED) is 0.778. The number of carbonyl (C=O) groups excluding carboxylic acids is 1. The van der Waals surface area contributed by atoms with Crippen LogP contribution in [0.1, 0.15) is 17.3 Å². The standard InChI is InChI=1S/C11H10N2O3/c14-6-5-11-12-10(13-16-11)7-8-3-1-2-4-9(8)15/h1-4,6,15H,5,7H2. The van der Waals surface area contributed by atoms with Gasteiger partial charge in [0.2, 0.25) is 5.89 Å². The first-order valence-corrected chi connectivity index (χ1v) is 4.81. The van der Waals surface area contributed by atoms with Gasteiger partial charge in [0.15, 0.2) is 5.82 Å². The fraction of sp³-hybridized carbons (Fsp3) is 0.182. The summed E-state index contributed by atoms with van der Waals surface area (Å²) in [5.74, 6) is 0.947. The second kappa shape index (κ2) is 4.57. The lowest BCUT2D eigenvalue weighted by Crippen LogP contribution is -1.92. The maximum atomic E-state index is 10.2. The van der Waals surface area contributed by atoms with Crippen LogP contribution in [-0.4, -0.2) is 21.5 Å². The number of carbonyl (C=O) groups is 1. The number of aldehydes is 1. The summed E-state index contributed by atoms with van der Waals surface area (Å²) in [5, 5.41) is 13.3. The summed E-state index contributed by atoms with van der Waals surface area (Å²) in [6.07, 6.45) is 1.21. The Bertz CT molecular complexity index is 493. The largest absolute Gasteiger partial charge is 0.508 e. The van der Waals surface area contributed by atoms with Gasteiger partial charge in [-0.15, -0.1) is 0 Å². The van der Waals surface area contributed by atoms with E-state index in [2.05, 4.69) is 10.1 Å². The monoisotopic (exact) mass is 218 g/mol. The summed E-state index contributed by atoms with van der Waals surface area (Å²) in [7, 11) is 0. The molecule has 0 atom stereocenters. The minimum absolute atomic E-state index is 0.119. The van der Waals surface area contributed by atoms with Gasteiger partial charge in [-0.1, -0.05) is 23.4 Å². The first-order chi connectivity index (χ1) is 7.79. The van der Waals surface area contributed by atoms with Crippen LogP contribution in [0.4, 0.5) is 0 Å². The van der Waals surface area contributed by atoms with Crippen LogP contribution in [0.25, 0.3) is 0 Å². The molecule has 0 aliphatic rings. The second-order valence-electron chi connectivity index (χ2n) is 3.28. The molecule has 0 bridgehead atoms. The van der Waals surface area contributed by atoms with Gasteiger partial charge in [-0.3, -0.25) is 0 Å². The van der Waals surface area contributed by atoms with Crippen LogP contribution in [0, 0.1) is 0 Å². The van der Waals surface area contributed by atoms with Crippen molar-refractivity contribution in [2.24, 2.45) is 0 Å². The van der Waals surface area contributed by atoms with Crippen molar-refractivity contribution in [1.82, 2.24) is 10.1 Å². The Balaban J connectivity index is 2.14. The van der Waals surface area contributed by atoms with Crippen LogP contribution in [0.3, 0.4) is 0 Å². The maximum absolute atomic E-state index is 10.2. The van der Waals surface area contributed by atoms with Crippen molar-refractivity contribution in [2.45, 2.75) is 12.8 Å². The molecule has 0 aliphatic carbocycles. The fourth-order valence-corrected chi connectivity index (χ4v) is 1.35. The van der Waals surface area contributed by atoms with Crippen LogP contribution >= 0.6 is 0 Å². The molecule has 1 heterocycles. The Labute approximate surface area is 91.7 Å². The number of hydrogen-bond acceptors (Lipinski definition) is 5. The molecular formula is C11H10N2O3. The smallest absolute Gasteiger partial charge is 0.233 e. The highest BCUT2D eigenvalue weighted by atomic mass is 16.5. The van der Waals surface area contributed by atoms with E-state index in [1.54, 1.807) is 18.2 Å². The highest BCUT2D eigenvalue weighted by Gasteiger charge is 2.08. The molecule has 0 saturated heterocycles. The number of para-hydroxylation sites is 1. The van der Waals surface area contributed by atoms with E-state index in [-0.39, 0.29) is 12.2 Å². The van der Waals surface area contributed by atoms with Crippen LogP contribution in [0.15, 0.2) is 28.8 Å². The molecule has 16 heavy (non-hydrogen) atoms. The summed E-state index contributed by atoms with van der Waals surface area (Å²) in [5.41, 5.74) is 0.723. The summed E-state index contributed by atoms with van der Waals surface area (Å²) < 4.78 is 4.84. The van der Waals surface area contributed by atoms with E-state index < -0.39 is 0 Å². The molecule has 0 fully saturated rings. The van der Waals surface area contributed by atoms with E-state index >= 15 is 0 Å². The van der Waals surface area contributed by atoms with Crippen molar-refractivity contribution in [2.75, 3.05) is 0 Å². The van der Waals surface area contributed by atoms with E-state index in [4.69, 9.17) is 4.52 Å². The summed E-state index contributed by atoms with van der Waals surface area (Å²) in [4.78, 5) is 14.2. The minimum Gasteiger partial charge on any atom is -0.508 e. The molecule has 1 N–H and O–H groups in total. The lowest BCUT2D eigenvalue weighted by atomic mass is 10.1. The average molecular weight is 218 g/mol. The minimum atomic E-state index is 0.119. The predicted molar refractivity (Wildman–Crippen MR) is 55.0 cm³/mol. The number of benzene rings is 1. The molecule has 0 saturated carbocycles. The van der Waals surface area contributed by atoms with Gasteiger partial charge in [-0.25, -0.2) is 0 Å². The first-order valence-electron chi connectivity index (χ1n) is 4.81. The first kappa shape index (κ1) is 10.4. The molecule has 2 rings (SSSR count). The van der Waals surface area contributed by atoms with E-state index in [0.717, 1.165) is 5.56 Å². The number of phenolic OH excluding ortho intramolecular Hbond substituents is 1. The van der Waals surface area contributed by atoms with Gasteiger partial charge in [0, 0.05) is 12.0 Å². The number of rotatable bonds is 4. The molecule has 0 unspecified atom stereocenters. The van der Waals surface area contributed by atoms with Crippen LogP contribution in [0.5, 0.6) is 5.75 Å². The Kier molecular flexibility index (Phi) is 2.95. The van der Waals surface area contributed by atoms with Gasteiger partial charge in [0.25, 0.3) is 0 Å². The normalized spacial score (nSPS) is 10.2. The zero-order valence-electron chi connectivity index (χ0n) is 8.46. The van der Waals surface area contributed by atoms with Gasteiger partial charge >= 0.3 is 0 Å². The Morgan fingerprint density at radius 1 is 1.38 bits per heavy atom. The number of hydrogen-bond donors (Lipinski definition) is 1. The van der Waals surface area contributed by atoms with E-state index in [0.29, 0.717) is 24.4 Å². The average Bonchev–Trinajstić information content (AvgIpc) is 2.70. The highest BCUT2D eigenvalue weighted by molar-refractivity contribution is 5.52. The summed E-state index contributed by atoms with van der Waals surface area (Å²) in [6.45, 7) is 0. The lowest BCUT2D eigenvalue weighted by Gasteiger charge is -1.99. The van der Waals surface area contributed by atoms with Crippen molar-refractivity contribution in [3.8, 4) is 5.75 Å². The van der Waals surface area contributed by atoms with Crippen LogP contribution in [-0.2, 0) is 17.6 Å². The molecule has 0 radical (unpaired) electrons. The SMILES string of the molecule is O=CCc1nc(Cc2ccccc2O)no1. The maximum Gasteiger partial charge on any atom is 0.233 e. The molecule has 5 nitrogen and oxygen atoms in total. The zero-order chi connectivity index (χ0) is 11.4. The van der Waals surface area contributed by atoms with E-state index in [1.165, 1.54) is 0 Å². The number of nitrogens with zero attached hydrogens (tertiary/aromatic N) is 2. The third kappa shape index (κ3) is 2.25. The van der Waals surface area contributed by atoms with Gasteiger partial charge < -0.3 is 14.4 Å². The summed E-state index contributed by atoms with van der Waals surface area (Å²) >= 11 is 0. The molecule has 1 aromatic heterocycles. The van der Waals surface area contributed by atoms with Crippen molar-refractivity contribution in [1.29, 1.82) is 0 Å². The molecule has 0 aliphatic heterocycles. The van der Waals surface area contributed by atoms with Gasteiger partial charge in [-0.2, -0.15) is 4.98 Å². The van der Waals surface area contributed by atoms with Crippen molar-refractivity contribution < 1.29 is 14.4 Å². The van der Waals surface area contributed by atoms with Crippen molar-refractivity contribution in [3.63, 3.8) is 0 Å². The fourth-order valence-electron chi connectivity index (χ4n) is 1.35. The molecule has 0 amide bonds. The predicted octanol–water partition coefficient (Wildman–Crippen LogP) is 1.11. The van der Waals surface area contributed by atoms with Crippen molar-refractivity contribution in [3.05, 3.63) is 41.5 Å². The van der Waals surface area contributed by atoms with Gasteiger partial charge in [0.1, 0.15) is 12.0 Å². The van der Waals surface area contributed by atoms with Gasteiger partial charge in [0.05, 0.1) is 6.42 Å². The molecular weight excluding hydrogens is 208 g/mol. The zero-order valence-corrected chi connectivity index (χ0v) is 8.46. The summed E-state index contributed by atoms with van der Waals surface area (Å²) in [6, 6.07) is 6.95. The van der Waals surface area contributed by atoms with Gasteiger partial charge in [-0.05, 0) is 6.07 Å². The lowest BCUT2D eigenvalue weighted by molar-refractivity contribution is -0.107. The Morgan fingerprint density at radius 2 is 2.19 bits per heavy atom. The molecule has 0 spiro atoms. The topological polar surface area (TPSA) is 76.2 Å². The molecule has 2 aromatic rings. The molecule has 1 aromatic carbocycles. The van der Waals surface area contributed by atoms with Crippen LogP contribution < -0.4 is 0 Å². The highest BCUT2D eigenvalue weighted by Crippen LogP contribution is 2.18. The van der Waals surface area contributed by atoms with Crippen LogP contribution in [0.2, 0.25) is 0 Å². The Morgan fingerprint density at radius 3 is 2.94 bits per heavy atom. The van der Waals surface area contributed by atoms with E-state index in [9.17, 15) is 9.90 Å². The molecule has 5 heteroatoms. The van der Waals surface area contributed by atoms with E-state index in [1.807, 2.05) is 6.07 Å². The second-order valence-corrected chi connectivity index (χ2v) is 3.28. The number of phenols is 1. The number of aromatic nitrogens is 2. The number of aromatic hydroxyl groups is 1. The molecule has 82 valence electrons.